The summed E-state index contributed by atoms with van der Waals surface area (Å²) >= 11 is 0. The highest BCUT2D eigenvalue weighted by molar-refractivity contribution is 5.91. The van der Waals surface area contributed by atoms with E-state index in [9.17, 15) is 0 Å². The molecular formula is C18H18. The Balaban J connectivity index is 2.27. The Morgan fingerprint density at radius 2 is 1.00 bits per heavy atom. The van der Waals surface area contributed by atoms with Crippen LogP contribution in [0, 0.1) is 0 Å². The lowest BCUT2D eigenvalue weighted by molar-refractivity contribution is 0.947. The van der Waals surface area contributed by atoms with Gasteiger partial charge in [-0.2, -0.15) is 0 Å². The maximum Gasteiger partial charge on any atom is -0.0192 e. The molecule has 0 bridgehead atoms. The number of hydrogen-bond acceptors (Lipinski definition) is 0. The zero-order chi connectivity index (χ0) is 12.5. The zero-order valence-corrected chi connectivity index (χ0v) is 11.0. The van der Waals surface area contributed by atoms with Gasteiger partial charge in [-0.15, -0.1) is 0 Å². The van der Waals surface area contributed by atoms with Crippen molar-refractivity contribution < 1.29 is 0 Å². The predicted octanol–water partition coefficient (Wildman–Crippen LogP) is 4.74. The first-order valence-electron chi connectivity index (χ1n) is 6.61. The Hall–Kier alpha value is -1.82. The van der Waals surface area contributed by atoms with Gasteiger partial charge in [0, 0.05) is 0 Å². The minimum atomic E-state index is 1.14. The summed E-state index contributed by atoms with van der Waals surface area (Å²) in [5.41, 5.74) is 8.62. The van der Waals surface area contributed by atoms with Gasteiger partial charge in [0.1, 0.15) is 0 Å². The van der Waals surface area contributed by atoms with Gasteiger partial charge in [0.25, 0.3) is 0 Å². The number of fused-ring (bicyclic) bond motifs is 2. The van der Waals surface area contributed by atoms with E-state index >= 15 is 0 Å². The molecule has 1 aliphatic carbocycles. The first kappa shape index (κ1) is 11.3. The summed E-state index contributed by atoms with van der Waals surface area (Å²) in [7, 11) is 0. The molecule has 0 unspecified atom stereocenters. The fourth-order valence-electron chi connectivity index (χ4n) is 2.88. The van der Waals surface area contributed by atoms with Crippen LogP contribution >= 0.6 is 0 Å². The monoisotopic (exact) mass is 234 g/mol. The zero-order valence-electron chi connectivity index (χ0n) is 11.0. The van der Waals surface area contributed by atoms with Gasteiger partial charge >= 0.3 is 0 Å². The molecule has 0 saturated carbocycles. The molecular weight excluding hydrogens is 216 g/mol. The van der Waals surface area contributed by atoms with Gasteiger partial charge in [0.15, 0.2) is 0 Å². The SMILES string of the molecule is C/C1=C(\C)c2ccccc2CCc2ccccc21. The van der Waals surface area contributed by atoms with Gasteiger partial charge in [-0.05, 0) is 60.1 Å². The van der Waals surface area contributed by atoms with Crippen LogP contribution in [-0.2, 0) is 12.8 Å². The van der Waals surface area contributed by atoms with E-state index in [1.165, 1.54) is 33.4 Å². The summed E-state index contributed by atoms with van der Waals surface area (Å²) in [5.74, 6) is 0. The Kier molecular flexibility index (Phi) is 2.79. The minimum Gasteiger partial charge on any atom is -0.0620 e. The van der Waals surface area contributed by atoms with E-state index < -0.39 is 0 Å². The Labute approximate surface area is 109 Å². The molecule has 18 heavy (non-hydrogen) atoms. The van der Waals surface area contributed by atoms with Gasteiger partial charge in [-0.25, -0.2) is 0 Å². The van der Waals surface area contributed by atoms with E-state index in [1.54, 1.807) is 0 Å². The fourth-order valence-corrected chi connectivity index (χ4v) is 2.88. The minimum absolute atomic E-state index is 1.14. The number of benzene rings is 2. The third kappa shape index (κ3) is 1.78. The van der Waals surface area contributed by atoms with E-state index in [4.69, 9.17) is 0 Å². The first-order valence-corrected chi connectivity index (χ1v) is 6.61. The van der Waals surface area contributed by atoms with Crippen molar-refractivity contribution in [3.63, 3.8) is 0 Å². The molecule has 2 aromatic rings. The fraction of sp³-hybridized carbons (Fsp3) is 0.222. The smallest absolute Gasteiger partial charge is 0.0192 e. The molecule has 0 amide bonds. The summed E-state index contributed by atoms with van der Waals surface area (Å²) in [6.45, 7) is 4.49. The lowest BCUT2D eigenvalue weighted by Crippen LogP contribution is -2.03. The predicted molar refractivity (Wildman–Crippen MR) is 78.5 cm³/mol. The van der Waals surface area contributed by atoms with Crippen LogP contribution < -0.4 is 0 Å². The van der Waals surface area contributed by atoms with E-state index in [0.717, 1.165) is 12.8 Å². The summed E-state index contributed by atoms with van der Waals surface area (Å²) in [4.78, 5) is 0. The molecule has 0 aromatic heterocycles. The van der Waals surface area contributed by atoms with Crippen LogP contribution in [0.5, 0.6) is 0 Å². The Bertz CT molecular complexity index is 562. The third-order valence-corrected chi connectivity index (χ3v) is 4.07. The highest BCUT2D eigenvalue weighted by atomic mass is 14.2. The van der Waals surface area contributed by atoms with Crippen molar-refractivity contribution in [2.45, 2.75) is 26.7 Å². The number of hydrogen-bond donors (Lipinski definition) is 0. The second-order valence-electron chi connectivity index (χ2n) is 5.06. The van der Waals surface area contributed by atoms with Gasteiger partial charge in [-0.3, -0.25) is 0 Å². The van der Waals surface area contributed by atoms with Crippen molar-refractivity contribution in [3.8, 4) is 0 Å². The van der Waals surface area contributed by atoms with Crippen molar-refractivity contribution in [2.24, 2.45) is 0 Å². The van der Waals surface area contributed by atoms with Crippen LogP contribution in [0.4, 0.5) is 0 Å². The largest absolute Gasteiger partial charge is 0.0620 e. The van der Waals surface area contributed by atoms with Crippen molar-refractivity contribution in [3.05, 3.63) is 70.8 Å². The third-order valence-electron chi connectivity index (χ3n) is 4.07. The average Bonchev–Trinajstić information content (AvgIpc) is 2.43. The van der Waals surface area contributed by atoms with E-state index in [-0.39, 0.29) is 0 Å². The average molecular weight is 234 g/mol. The molecule has 0 heterocycles. The normalized spacial score (nSPS) is 18.6. The maximum absolute atomic E-state index is 2.26. The lowest BCUT2D eigenvalue weighted by atomic mass is 9.85. The van der Waals surface area contributed by atoms with Crippen LogP contribution in [0.25, 0.3) is 11.1 Å². The number of aryl methyl sites for hydroxylation is 2. The molecule has 0 aliphatic heterocycles. The molecule has 1 aliphatic rings. The summed E-state index contributed by atoms with van der Waals surface area (Å²) in [6, 6.07) is 17.6. The molecule has 0 N–H and O–H groups in total. The Morgan fingerprint density at radius 3 is 1.44 bits per heavy atom. The van der Waals surface area contributed by atoms with Gasteiger partial charge in [0.2, 0.25) is 0 Å². The molecule has 0 fully saturated rings. The highest BCUT2D eigenvalue weighted by Crippen LogP contribution is 2.32. The molecule has 90 valence electrons. The summed E-state index contributed by atoms with van der Waals surface area (Å²) in [6.07, 6.45) is 2.27. The molecule has 3 rings (SSSR count). The summed E-state index contributed by atoms with van der Waals surface area (Å²) in [5, 5.41) is 0. The van der Waals surface area contributed by atoms with Gasteiger partial charge < -0.3 is 0 Å². The second kappa shape index (κ2) is 4.45. The van der Waals surface area contributed by atoms with Crippen LogP contribution in [0.1, 0.15) is 36.1 Å². The van der Waals surface area contributed by atoms with Crippen LogP contribution in [0.3, 0.4) is 0 Å². The molecule has 0 atom stereocenters. The van der Waals surface area contributed by atoms with Crippen LogP contribution in [0.15, 0.2) is 48.5 Å². The Morgan fingerprint density at radius 1 is 0.611 bits per heavy atom. The number of allylic oxidation sites excluding steroid dienone is 2. The topological polar surface area (TPSA) is 0 Å². The molecule has 0 radical (unpaired) electrons. The molecule has 2 aromatic carbocycles. The lowest BCUT2D eigenvalue weighted by Gasteiger charge is -2.19. The molecule has 0 spiro atoms. The van der Waals surface area contributed by atoms with Crippen LogP contribution in [-0.4, -0.2) is 0 Å². The van der Waals surface area contributed by atoms with Gasteiger partial charge in [0.05, 0.1) is 0 Å². The highest BCUT2D eigenvalue weighted by Gasteiger charge is 2.13. The van der Waals surface area contributed by atoms with Crippen molar-refractivity contribution >= 4 is 11.1 Å². The van der Waals surface area contributed by atoms with Crippen molar-refractivity contribution in [2.75, 3.05) is 0 Å². The first-order chi connectivity index (χ1) is 8.77. The molecule has 0 saturated heterocycles. The molecule has 0 heteroatoms. The quantitative estimate of drug-likeness (QED) is 0.618. The maximum atomic E-state index is 2.26. The van der Waals surface area contributed by atoms with Crippen LogP contribution in [0.2, 0.25) is 0 Å². The second-order valence-corrected chi connectivity index (χ2v) is 5.06. The van der Waals surface area contributed by atoms with E-state index in [0.29, 0.717) is 0 Å². The standard InChI is InChI=1S/C18H18/c1-13-14(2)18-10-6-4-8-16(18)12-11-15-7-3-5-9-17(13)15/h3-10H,11-12H2,1-2H3/b14-13-. The van der Waals surface area contributed by atoms with Crippen molar-refractivity contribution in [1.29, 1.82) is 0 Å². The van der Waals surface area contributed by atoms with Crippen molar-refractivity contribution in [1.82, 2.24) is 0 Å². The summed E-state index contributed by atoms with van der Waals surface area (Å²) < 4.78 is 0. The molecule has 0 nitrogen and oxygen atoms in total. The van der Waals surface area contributed by atoms with E-state index in [2.05, 4.69) is 62.4 Å². The van der Waals surface area contributed by atoms with E-state index in [1.807, 2.05) is 0 Å². The number of rotatable bonds is 0. The van der Waals surface area contributed by atoms with Gasteiger partial charge in [-0.1, -0.05) is 48.5 Å².